The predicted octanol–water partition coefficient (Wildman–Crippen LogP) is 2.69. The van der Waals surface area contributed by atoms with Gasteiger partial charge in [0, 0.05) is 0 Å². The van der Waals surface area contributed by atoms with Crippen LogP contribution in [0.4, 0.5) is 0 Å². The molecule has 0 aliphatic heterocycles. The summed E-state index contributed by atoms with van der Waals surface area (Å²) in [5.41, 5.74) is -0.451. The van der Waals surface area contributed by atoms with Gasteiger partial charge in [0.05, 0.1) is 5.60 Å². The van der Waals surface area contributed by atoms with Crippen molar-refractivity contribution in [3.05, 3.63) is 0 Å². The Morgan fingerprint density at radius 3 is 2.08 bits per heavy atom. The van der Waals surface area contributed by atoms with Crippen LogP contribution in [-0.2, 0) is 0 Å². The van der Waals surface area contributed by atoms with Gasteiger partial charge < -0.3 is 5.11 Å². The molecule has 5 atom stereocenters. The molecule has 1 heteroatoms. The van der Waals surface area contributed by atoms with Gasteiger partial charge in [-0.2, -0.15) is 0 Å². The Morgan fingerprint density at radius 2 is 1.69 bits per heavy atom. The highest BCUT2D eigenvalue weighted by Gasteiger charge is 2.52. The fourth-order valence-electron chi connectivity index (χ4n) is 3.75. The summed E-state index contributed by atoms with van der Waals surface area (Å²) in [4.78, 5) is 0. The van der Waals surface area contributed by atoms with E-state index in [0.29, 0.717) is 5.92 Å². The molecule has 2 rings (SSSR count). The molecule has 0 amide bonds. The summed E-state index contributed by atoms with van der Waals surface area (Å²) in [6.07, 6.45) is 2.64. The first kappa shape index (κ1) is 9.51. The fourth-order valence-corrected chi connectivity index (χ4v) is 3.75. The maximum Gasteiger partial charge on any atom is 0.0622 e. The van der Waals surface area contributed by atoms with Gasteiger partial charge in [-0.15, -0.1) is 0 Å². The SMILES string of the molecule is CC1C2CC(C1C)C(C(C)(C)O)C2. The van der Waals surface area contributed by atoms with E-state index in [4.69, 9.17) is 0 Å². The summed E-state index contributed by atoms with van der Waals surface area (Å²) >= 11 is 0. The minimum atomic E-state index is -0.451. The predicted molar refractivity (Wildman–Crippen MR) is 54.3 cm³/mol. The average molecular weight is 182 g/mol. The monoisotopic (exact) mass is 182 g/mol. The topological polar surface area (TPSA) is 20.2 Å². The van der Waals surface area contributed by atoms with Crippen molar-refractivity contribution in [3.8, 4) is 0 Å². The summed E-state index contributed by atoms with van der Waals surface area (Å²) in [7, 11) is 0. The minimum Gasteiger partial charge on any atom is -0.390 e. The first-order valence-corrected chi connectivity index (χ1v) is 5.63. The number of rotatable bonds is 1. The van der Waals surface area contributed by atoms with Crippen LogP contribution in [-0.4, -0.2) is 10.7 Å². The molecule has 2 bridgehead atoms. The van der Waals surface area contributed by atoms with E-state index in [-0.39, 0.29) is 0 Å². The third kappa shape index (κ3) is 1.32. The van der Waals surface area contributed by atoms with Crippen molar-refractivity contribution in [1.29, 1.82) is 0 Å². The van der Waals surface area contributed by atoms with Crippen molar-refractivity contribution in [1.82, 2.24) is 0 Å². The molecule has 0 radical (unpaired) electrons. The number of fused-ring (bicyclic) bond motifs is 2. The van der Waals surface area contributed by atoms with Crippen molar-refractivity contribution in [3.63, 3.8) is 0 Å². The van der Waals surface area contributed by atoms with Crippen molar-refractivity contribution in [2.45, 2.75) is 46.1 Å². The molecule has 1 nitrogen and oxygen atoms in total. The van der Waals surface area contributed by atoms with Gasteiger partial charge in [0.15, 0.2) is 0 Å². The molecule has 1 N–H and O–H groups in total. The van der Waals surface area contributed by atoms with Crippen LogP contribution in [0.2, 0.25) is 0 Å². The first-order chi connectivity index (χ1) is 5.91. The molecule has 0 aromatic rings. The molecule has 2 saturated carbocycles. The Balaban J connectivity index is 2.15. The molecule has 5 unspecified atom stereocenters. The quantitative estimate of drug-likeness (QED) is 0.661. The summed E-state index contributed by atoms with van der Waals surface area (Å²) < 4.78 is 0. The average Bonchev–Trinajstić information content (AvgIpc) is 2.51. The van der Waals surface area contributed by atoms with E-state index in [1.165, 1.54) is 12.8 Å². The Labute approximate surface area is 81.5 Å². The third-order valence-corrected chi connectivity index (χ3v) is 4.80. The van der Waals surface area contributed by atoms with E-state index in [1.807, 2.05) is 13.8 Å². The molecule has 2 fully saturated rings. The lowest BCUT2D eigenvalue weighted by atomic mass is 9.70. The van der Waals surface area contributed by atoms with Crippen LogP contribution in [0.15, 0.2) is 0 Å². The second kappa shape index (κ2) is 2.73. The second-order valence-corrected chi connectivity index (χ2v) is 5.87. The standard InChI is InChI=1S/C12H22O/c1-7-8(2)10-5-9(7)6-11(10)12(3,4)13/h7-11,13H,5-6H2,1-4H3. The van der Waals surface area contributed by atoms with Gasteiger partial charge in [0.25, 0.3) is 0 Å². The van der Waals surface area contributed by atoms with Crippen LogP contribution in [0.5, 0.6) is 0 Å². The zero-order chi connectivity index (χ0) is 9.80. The van der Waals surface area contributed by atoms with E-state index in [2.05, 4.69) is 13.8 Å². The summed E-state index contributed by atoms with van der Waals surface area (Å²) in [6.45, 7) is 8.72. The number of hydrogen-bond acceptors (Lipinski definition) is 1. The molecule has 0 heterocycles. The van der Waals surface area contributed by atoms with Gasteiger partial charge in [-0.1, -0.05) is 13.8 Å². The molecule has 76 valence electrons. The van der Waals surface area contributed by atoms with Gasteiger partial charge in [0.1, 0.15) is 0 Å². The Bertz CT molecular complexity index is 202. The van der Waals surface area contributed by atoms with Crippen molar-refractivity contribution in [2.75, 3.05) is 0 Å². The van der Waals surface area contributed by atoms with E-state index in [0.717, 1.165) is 23.7 Å². The number of aliphatic hydroxyl groups is 1. The van der Waals surface area contributed by atoms with Gasteiger partial charge in [-0.3, -0.25) is 0 Å². The molecule has 2 aliphatic rings. The van der Waals surface area contributed by atoms with E-state index < -0.39 is 5.60 Å². The zero-order valence-electron chi connectivity index (χ0n) is 9.25. The lowest BCUT2D eigenvalue weighted by Gasteiger charge is -2.38. The summed E-state index contributed by atoms with van der Waals surface area (Å²) in [6, 6.07) is 0. The van der Waals surface area contributed by atoms with Crippen LogP contribution in [0.25, 0.3) is 0 Å². The normalized spacial score (nSPS) is 50.1. The maximum atomic E-state index is 10.0. The van der Waals surface area contributed by atoms with Crippen molar-refractivity contribution in [2.24, 2.45) is 29.6 Å². The lowest BCUT2D eigenvalue weighted by molar-refractivity contribution is -0.0262. The zero-order valence-corrected chi connectivity index (χ0v) is 9.25. The molecule has 13 heavy (non-hydrogen) atoms. The van der Waals surface area contributed by atoms with E-state index in [1.54, 1.807) is 0 Å². The summed E-state index contributed by atoms with van der Waals surface area (Å²) in [5.74, 6) is 3.97. The highest BCUT2D eigenvalue weighted by Crippen LogP contribution is 2.57. The van der Waals surface area contributed by atoms with Gasteiger partial charge in [-0.05, 0) is 56.3 Å². The molecule has 0 spiro atoms. The minimum absolute atomic E-state index is 0.451. The summed E-state index contributed by atoms with van der Waals surface area (Å²) in [5, 5.41) is 10.0. The van der Waals surface area contributed by atoms with Gasteiger partial charge in [-0.25, -0.2) is 0 Å². The van der Waals surface area contributed by atoms with Crippen LogP contribution < -0.4 is 0 Å². The number of hydrogen-bond donors (Lipinski definition) is 1. The van der Waals surface area contributed by atoms with E-state index in [9.17, 15) is 5.11 Å². The van der Waals surface area contributed by atoms with Gasteiger partial charge >= 0.3 is 0 Å². The highest BCUT2D eigenvalue weighted by molar-refractivity contribution is 5.01. The van der Waals surface area contributed by atoms with Crippen molar-refractivity contribution >= 4 is 0 Å². The third-order valence-electron chi connectivity index (χ3n) is 4.80. The smallest absolute Gasteiger partial charge is 0.0622 e. The molecular formula is C12H22O. The highest BCUT2D eigenvalue weighted by atomic mass is 16.3. The van der Waals surface area contributed by atoms with Gasteiger partial charge in [0.2, 0.25) is 0 Å². The van der Waals surface area contributed by atoms with Crippen LogP contribution in [0.1, 0.15) is 40.5 Å². The fraction of sp³-hybridized carbons (Fsp3) is 1.00. The molecule has 2 aliphatic carbocycles. The molecule has 0 aromatic heterocycles. The molecule has 0 saturated heterocycles. The first-order valence-electron chi connectivity index (χ1n) is 5.63. The Kier molecular flexibility index (Phi) is 1.99. The van der Waals surface area contributed by atoms with Crippen LogP contribution >= 0.6 is 0 Å². The van der Waals surface area contributed by atoms with E-state index >= 15 is 0 Å². The van der Waals surface area contributed by atoms with Crippen LogP contribution in [0.3, 0.4) is 0 Å². The Hall–Kier alpha value is -0.0400. The lowest BCUT2D eigenvalue weighted by Crippen LogP contribution is -2.38. The Morgan fingerprint density at radius 1 is 1.08 bits per heavy atom. The second-order valence-electron chi connectivity index (χ2n) is 5.87. The van der Waals surface area contributed by atoms with Crippen molar-refractivity contribution < 1.29 is 5.11 Å². The molecular weight excluding hydrogens is 160 g/mol. The largest absolute Gasteiger partial charge is 0.390 e. The van der Waals surface area contributed by atoms with Crippen LogP contribution in [0, 0.1) is 29.6 Å². The molecule has 0 aromatic carbocycles. The maximum absolute atomic E-state index is 10.0.